The molecule has 1 aromatic carbocycles. The molecule has 3 N–H and O–H groups in total. The van der Waals surface area contributed by atoms with Crippen LogP contribution in [-0.2, 0) is 0 Å². The molecule has 0 heterocycles. The molecule has 0 amide bonds. The van der Waals surface area contributed by atoms with Gasteiger partial charge in [-0.3, -0.25) is 0 Å². The molecule has 0 aliphatic rings. The van der Waals surface area contributed by atoms with Crippen LogP contribution in [0.25, 0.3) is 0 Å². The molecule has 0 saturated carbocycles. The number of nitrogens with two attached hydrogens (primary N) is 1. The van der Waals surface area contributed by atoms with Crippen LogP contribution in [0, 0.1) is 23.2 Å². The Morgan fingerprint density at radius 3 is 2.79 bits per heavy atom. The van der Waals surface area contributed by atoms with E-state index >= 15 is 0 Å². The zero-order chi connectivity index (χ0) is 10.6. The predicted octanol–water partition coefficient (Wildman–Crippen LogP) is 0.842. The minimum Gasteiger partial charge on any atom is -0.478 e. The van der Waals surface area contributed by atoms with Crippen molar-refractivity contribution in [2.45, 2.75) is 0 Å². The van der Waals surface area contributed by atoms with Gasteiger partial charge in [0.25, 0.3) is 0 Å². The van der Waals surface area contributed by atoms with Crippen molar-refractivity contribution in [3.05, 3.63) is 29.3 Å². The average molecular weight is 186 g/mol. The highest BCUT2D eigenvalue weighted by molar-refractivity contribution is 5.95. The Labute approximate surface area is 80.6 Å². The number of nitrogen functional groups attached to an aromatic ring is 1. The first-order chi connectivity index (χ1) is 6.66. The van der Waals surface area contributed by atoms with E-state index in [0.29, 0.717) is 5.56 Å². The lowest BCUT2D eigenvalue weighted by Gasteiger charge is -2.01. The smallest absolute Gasteiger partial charge is 0.337 e. The molecule has 0 spiro atoms. The molecule has 0 atom stereocenters. The van der Waals surface area contributed by atoms with Gasteiger partial charge in [-0.25, -0.2) is 4.79 Å². The highest BCUT2D eigenvalue weighted by Gasteiger charge is 2.09. The van der Waals surface area contributed by atoms with Gasteiger partial charge < -0.3 is 10.8 Å². The van der Waals surface area contributed by atoms with E-state index < -0.39 is 5.97 Å². The summed E-state index contributed by atoms with van der Waals surface area (Å²) in [4.78, 5) is 10.7. The predicted molar refractivity (Wildman–Crippen MR) is 50.3 cm³/mol. The summed E-state index contributed by atoms with van der Waals surface area (Å²) in [6.45, 7) is 0. The monoisotopic (exact) mass is 186 g/mol. The number of carbonyl (C=O) groups is 1. The van der Waals surface area contributed by atoms with Gasteiger partial charge in [0.05, 0.1) is 11.3 Å². The van der Waals surface area contributed by atoms with Gasteiger partial charge in [0.15, 0.2) is 6.07 Å². The fraction of sp³-hybridized carbons (Fsp3) is 0. The molecule has 1 aromatic rings. The summed E-state index contributed by atoms with van der Waals surface area (Å²) < 4.78 is 0. The number of anilines is 1. The molecule has 68 valence electrons. The highest BCUT2D eigenvalue weighted by Crippen LogP contribution is 2.16. The van der Waals surface area contributed by atoms with E-state index in [-0.39, 0.29) is 11.3 Å². The maximum absolute atomic E-state index is 10.7. The number of hydrogen-bond acceptors (Lipinski definition) is 3. The number of aromatic carboxylic acids is 1. The largest absolute Gasteiger partial charge is 0.478 e. The van der Waals surface area contributed by atoms with E-state index in [4.69, 9.17) is 16.1 Å². The Kier molecular flexibility index (Phi) is 2.73. The number of carboxylic acid groups (broad SMARTS) is 1. The Hall–Kier alpha value is -2.46. The topological polar surface area (TPSA) is 87.1 Å². The summed E-state index contributed by atoms with van der Waals surface area (Å²) in [6.07, 6.45) is 0. The fourth-order valence-corrected chi connectivity index (χ4v) is 0.956. The SMILES string of the molecule is N#CC#Cc1cccc(C(=O)O)c1N. The third kappa shape index (κ3) is 1.82. The summed E-state index contributed by atoms with van der Waals surface area (Å²) in [6, 6.07) is 6.10. The molecule has 0 saturated heterocycles. The van der Waals surface area contributed by atoms with Crippen molar-refractivity contribution in [1.82, 2.24) is 0 Å². The maximum Gasteiger partial charge on any atom is 0.337 e. The number of nitrogens with zero attached hydrogens (tertiary/aromatic N) is 1. The van der Waals surface area contributed by atoms with Crippen LogP contribution in [0.2, 0.25) is 0 Å². The van der Waals surface area contributed by atoms with Gasteiger partial charge >= 0.3 is 5.97 Å². The number of hydrogen-bond donors (Lipinski definition) is 2. The van der Waals surface area contributed by atoms with Crippen molar-refractivity contribution in [3.8, 4) is 17.9 Å². The molecule has 0 aromatic heterocycles. The van der Waals surface area contributed by atoms with Crippen molar-refractivity contribution < 1.29 is 9.90 Å². The van der Waals surface area contributed by atoms with E-state index in [1.54, 1.807) is 12.1 Å². The molecule has 0 aliphatic carbocycles. The summed E-state index contributed by atoms with van der Waals surface area (Å²) in [5, 5.41) is 16.9. The van der Waals surface area contributed by atoms with Crippen LogP contribution in [0.1, 0.15) is 15.9 Å². The molecular formula is C10H6N2O2. The van der Waals surface area contributed by atoms with E-state index in [0.717, 1.165) is 0 Å². The zero-order valence-electron chi connectivity index (χ0n) is 7.11. The molecule has 14 heavy (non-hydrogen) atoms. The Morgan fingerprint density at radius 1 is 1.50 bits per heavy atom. The summed E-state index contributed by atoms with van der Waals surface area (Å²) in [5.74, 6) is 3.50. The lowest BCUT2D eigenvalue weighted by molar-refractivity contribution is 0.0698. The lowest BCUT2D eigenvalue weighted by atomic mass is 10.1. The maximum atomic E-state index is 10.7. The molecule has 0 fully saturated rings. The van der Waals surface area contributed by atoms with Gasteiger partial charge in [-0.2, -0.15) is 5.26 Å². The normalized spacial score (nSPS) is 8.21. The number of rotatable bonds is 1. The van der Waals surface area contributed by atoms with Crippen LogP contribution < -0.4 is 5.73 Å². The van der Waals surface area contributed by atoms with Crippen molar-refractivity contribution in [1.29, 1.82) is 5.26 Å². The summed E-state index contributed by atoms with van der Waals surface area (Å²) in [5.41, 5.74) is 5.97. The summed E-state index contributed by atoms with van der Waals surface area (Å²) >= 11 is 0. The first kappa shape index (κ1) is 9.63. The molecule has 0 bridgehead atoms. The quantitative estimate of drug-likeness (QED) is 0.502. The number of para-hydroxylation sites is 1. The summed E-state index contributed by atoms with van der Waals surface area (Å²) in [7, 11) is 0. The van der Waals surface area contributed by atoms with Gasteiger partial charge in [-0.15, -0.1) is 0 Å². The minimum absolute atomic E-state index is 0.00487. The van der Waals surface area contributed by atoms with Gasteiger partial charge in [0, 0.05) is 11.5 Å². The van der Waals surface area contributed by atoms with Crippen LogP contribution in [0.15, 0.2) is 18.2 Å². The van der Waals surface area contributed by atoms with Crippen LogP contribution in [0.4, 0.5) is 5.69 Å². The standard InChI is InChI=1S/C10H6N2O2/c11-6-2-4-7-3-1-5-8(9(7)12)10(13)14/h1,3,5H,12H2,(H,13,14). The molecular weight excluding hydrogens is 180 g/mol. The van der Waals surface area contributed by atoms with Crippen LogP contribution in [0.5, 0.6) is 0 Å². The third-order valence-electron chi connectivity index (χ3n) is 1.59. The van der Waals surface area contributed by atoms with E-state index in [1.165, 1.54) is 12.1 Å². The van der Waals surface area contributed by atoms with Crippen molar-refractivity contribution in [3.63, 3.8) is 0 Å². The number of nitriles is 1. The fourth-order valence-electron chi connectivity index (χ4n) is 0.956. The van der Waals surface area contributed by atoms with Crippen molar-refractivity contribution >= 4 is 11.7 Å². The lowest BCUT2D eigenvalue weighted by Crippen LogP contribution is -2.03. The number of benzene rings is 1. The van der Waals surface area contributed by atoms with E-state index in [1.807, 2.05) is 0 Å². The van der Waals surface area contributed by atoms with Crippen LogP contribution >= 0.6 is 0 Å². The number of carboxylic acids is 1. The second-order valence-corrected chi connectivity index (χ2v) is 2.43. The Bertz CT molecular complexity index is 475. The van der Waals surface area contributed by atoms with E-state index in [2.05, 4.69) is 11.8 Å². The van der Waals surface area contributed by atoms with Gasteiger partial charge in [-0.1, -0.05) is 6.07 Å². The van der Waals surface area contributed by atoms with Crippen molar-refractivity contribution in [2.24, 2.45) is 0 Å². The molecule has 4 nitrogen and oxygen atoms in total. The van der Waals surface area contributed by atoms with Gasteiger partial charge in [0.1, 0.15) is 0 Å². The molecule has 1 rings (SSSR count). The van der Waals surface area contributed by atoms with Gasteiger partial charge in [0.2, 0.25) is 0 Å². The van der Waals surface area contributed by atoms with Gasteiger partial charge in [-0.05, 0) is 18.1 Å². The molecule has 0 radical (unpaired) electrons. The Morgan fingerprint density at radius 2 is 2.21 bits per heavy atom. The highest BCUT2D eigenvalue weighted by atomic mass is 16.4. The average Bonchev–Trinajstić information content (AvgIpc) is 2.16. The second kappa shape index (κ2) is 3.97. The molecule has 0 unspecified atom stereocenters. The minimum atomic E-state index is -1.11. The van der Waals surface area contributed by atoms with Crippen LogP contribution in [-0.4, -0.2) is 11.1 Å². The van der Waals surface area contributed by atoms with Crippen LogP contribution in [0.3, 0.4) is 0 Å². The van der Waals surface area contributed by atoms with E-state index in [9.17, 15) is 4.79 Å². The zero-order valence-corrected chi connectivity index (χ0v) is 7.11. The Balaban J connectivity index is 3.29. The first-order valence-corrected chi connectivity index (χ1v) is 3.68. The third-order valence-corrected chi connectivity index (χ3v) is 1.59. The first-order valence-electron chi connectivity index (χ1n) is 3.68. The second-order valence-electron chi connectivity index (χ2n) is 2.43. The molecule has 0 aliphatic heterocycles. The van der Waals surface area contributed by atoms with Crippen molar-refractivity contribution in [2.75, 3.05) is 5.73 Å². The molecule has 4 heteroatoms.